The lowest BCUT2D eigenvalue weighted by Crippen LogP contribution is -2.27. The van der Waals surface area contributed by atoms with Gasteiger partial charge in [-0.15, -0.1) is 4.37 Å². The van der Waals surface area contributed by atoms with Crippen molar-refractivity contribution in [1.29, 1.82) is 0 Å². The van der Waals surface area contributed by atoms with Gasteiger partial charge in [0.25, 0.3) is 5.88 Å². The normalized spacial score (nSPS) is 27.2. The maximum absolute atomic E-state index is 14.1. The van der Waals surface area contributed by atoms with Crippen LogP contribution in [0.15, 0.2) is 6.08 Å². The molecule has 0 radical (unpaired) electrons. The highest BCUT2D eigenvalue weighted by Crippen LogP contribution is 2.32. The van der Waals surface area contributed by atoms with Crippen molar-refractivity contribution in [1.82, 2.24) is 13.6 Å². The lowest BCUT2D eigenvalue weighted by Gasteiger charge is -2.23. The first-order valence-corrected chi connectivity index (χ1v) is 7.36. The third kappa shape index (κ3) is 4.71. The van der Waals surface area contributed by atoms with Crippen molar-refractivity contribution in [3.05, 3.63) is 11.8 Å². The summed E-state index contributed by atoms with van der Waals surface area (Å²) in [5, 5.41) is 0. The monoisotopic (exact) mass is 324 g/mol. The van der Waals surface area contributed by atoms with Crippen LogP contribution >= 0.6 is 11.7 Å². The molecular formula is C14H21F2N3OS. The van der Waals surface area contributed by atoms with Crippen LogP contribution in [-0.4, -0.2) is 39.7 Å². The van der Waals surface area contributed by atoms with E-state index in [1.54, 1.807) is 0 Å². The number of rotatable bonds is 7. The Bertz CT molecular complexity index is 724. The van der Waals surface area contributed by atoms with E-state index in [4.69, 9.17) is 9.60 Å². The summed E-state index contributed by atoms with van der Waals surface area (Å²) in [4.78, 5) is 0.102. The lowest BCUT2D eigenvalue weighted by molar-refractivity contribution is -0.183. The fourth-order valence-corrected chi connectivity index (χ4v) is 2.28. The van der Waals surface area contributed by atoms with Crippen LogP contribution in [0.4, 0.5) is 8.78 Å². The molecule has 0 fully saturated rings. The molecule has 2 heterocycles. The van der Waals surface area contributed by atoms with Crippen LogP contribution in [0.5, 0.6) is 5.88 Å². The quantitative estimate of drug-likeness (QED) is 0.715. The SMILES string of the molecule is [2H]C([2H])([2H])N1C([2H])([2H])CC=C(c2nsnc2OC(F)(F)CCCCC)C1([2H])[2H]. The molecule has 0 unspecified atom stereocenters. The van der Waals surface area contributed by atoms with Gasteiger partial charge in [0, 0.05) is 22.6 Å². The zero-order chi connectivity index (χ0) is 21.4. The Morgan fingerprint density at radius 1 is 1.52 bits per heavy atom. The summed E-state index contributed by atoms with van der Waals surface area (Å²) in [6.45, 7) is -6.60. The Kier molecular flexibility index (Phi) is 3.16. The Balaban J connectivity index is 2.36. The van der Waals surface area contributed by atoms with Gasteiger partial charge in [-0.2, -0.15) is 13.2 Å². The van der Waals surface area contributed by atoms with Gasteiger partial charge in [-0.05, 0) is 25.4 Å². The molecule has 0 saturated heterocycles. The number of halogens is 2. The number of likely N-dealkylation sites (N-methyl/N-ethyl adjacent to an activating group) is 1. The number of nitrogens with zero attached hydrogens (tertiary/aromatic N) is 3. The average Bonchev–Trinajstić information content (AvgIpc) is 2.91. The van der Waals surface area contributed by atoms with Crippen molar-refractivity contribution in [3.8, 4) is 5.88 Å². The zero-order valence-electron chi connectivity index (χ0n) is 18.5. The van der Waals surface area contributed by atoms with E-state index in [0.29, 0.717) is 18.1 Å². The summed E-state index contributed by atoms with van der Waals surface area (Å²) in [7, 11) is 0. The van der Waals surface area contributed by atoms with Gasteiger partial charge in [-0.3, -0.25) is 0 Å². The molecule has 0 bridgehead atoms. The van der Waals surface area contributed by atoms with Gasteiger partial charge in [0.05, 0.1) is 18.1 Å². The van der Waals surface area contributed by atoms with Crippen LogP contribution < -0.4 is 4.74 Å². The van der Waals surface area contributed by atoms with E-state index >= 15 is 0 Å². The number of alkyl halides is 2. The largest absolute Gasteiger partial charge is 0.411 e. The Morgan fingerprint density at radius 2 is 2.38 bits per heavy atom. The lowest BCUT2D eigenvalue weighted by atomic mass is 10.1. The second kappa shape index (κ2) is 7.26. The number of hydrogen-bond acceptors (Lipinski definition) is 5. The molecule has 0 N–H and O–H groups in total. The molecule has 0 atom stereocenters. The number of unbranched alkanes of at least 4 members (excludes halogenated alkanes) is 2. The minimum Gasteiger partial charge on any atom is -0.411 e. The molecule has 0 saturated carbocycles. The number of ether oxygens (including phenoxy) is 1. The van der Waals surface area contributed by atoms with Gasteiger partial charge in [0.1, 0.15) is 5.69 Å². The summed E-state index contributed by atoms with van der Waals surface area (Å²) in [5.41, 5.74) is -0.721. The van der Waals surface area contributed by atoms with E-state index in [1.165, 1.54) is 0 Å². The van der Waals surface area contributed by atoms with Crippen LogP contribution in [0, 0.1) is 0 Å². The summed E-state index contributed by atoms with van der Waals surface area (Å²) in [5.74, 6) is -0.602. The van der Waals surface area contributed by atoms with Crippen LogP contribution in [0.2, 0.25) is 0 Å². The van der Waals surface area contributed by atoms with E-state index in [-0.39, 0.29) is 22.6 Å². The van der Waals surface area contributed by atoms with E-state index in [9.17, 15) is 8.78 Å². The highest BCUT2D eigenvalue weighted by Gasteiger charge is 2.33. The predicted octanol–water partition coefficient (Wildman–Crippen LogP) is 3.81. The molecule has 0 aliphatic carbocycles. The zero-order valence-corrected chi connectivity index (χ0v) is 12.3. The second-order valence-electron chi connectivity index (χ2n) is 4.54. The van der Waals surface area contributed by atoms with Crippen molar-refractivity contribution in [3.63, 3.8) is 0 Å². The van der Waals surface area contributed by atoms with E-state index < -0.39 is 44.8 Å². The molecule has 1 aliphatic heterocycles. The molecule has 0 amide bonds. The smallest absolute Gasteiger partial charge is 0.399 e. The maximum Gasteiger partial charge on any atom is 0.399 e. The second-order valence-corrected chi connectivity index (χ2v) is 5.07. The van der Waals surface area contributed by atoms with Gasteiger partial charge in [0.15, 0.2) is 0 Å². The first-order valence-electron chi connectivity index (χ1n) is 10.1. The summed E-state index contributed by atoms with van der Waals surface area (Å²) < 4.78 is 95.0. The van der Waals surface area contributed by atoms with Crippen molar-refractivity contribution < 1.29 is 23.1 Å². The molecule has 1 aliphatic rings. The molecule has 7 heteroatoms. The highest BCUT2D eigenvalue weighted by molar-refractivity contribution is 6.99. The Labute approximate surface area is 138 Å². The fraction of sp³-hybridized carbons (Fsp3) is 0.714. The Hall–Kier alpha value is -1.08. The van der Waals surface area contributed by atoms with E-state index in [2.05, 4.69) is 13.5 Å². The standard InChI is InChI=1S/C14H21F2N3OS/c1-3-4-5-8-14(15,16)20-13-12(17-21-18-13)11-7-6-9-19(2)10-11/h7H,3-6,8-10H2,1-2H3/i2D3,9D2,10D2. The Morgan fingerprint density at radius 3 is 3.14 bits per heavy atom. The number of aromatic nitrogens is 2. The van der Waals surface area contributed by atoms with E-state index in [0.717, 1.165) is 12.5 Å². The summed E-state index contributed by atoms with van der Waals surface area (Å²) in [6, 6.07) is 0. The minimum atomic E-state index is -3.54. The van der Waals surface area contributed by atoms with Crippen LogP contribution in [0.1, 0.15) is 54.3 Å². The maximum atomic E-state index is 14.1. The molecule has 0 spiro atoms. The molecule has 0 aromatic carbocycles. The summed E-state index contributed by atoms with van der Waals surface area (Å²) >= 11 is 0.520. The number of hydrogen-bond donors (Lipinski definition) is 0. The first-order chi connectivity index (χ1) is 12.7. The summed E-state index contributed by atoms with van der Waals surface area (Å²) in [6.07, 6.45) is -1.87. The van der Waals surface area contributed by atoms with Gasteiger partial charge in [-0.1, -0.05) is 25.8 Å². The van der Waals surface area contributed by atoms with Crippen molar-refractivity contribution in [2.75, 3.05) is 20.0 Å². The highest BCUT2D eigenvalue weighted by atomic mass is 32.1. The van der Waals surface area contributed by atoms with Gasteiger partial charge in [-0.25, -0.2) is 0 Å². The molecule has 2 rings (SSSR count). The topological polar surface area (TPSA) is 38.2 Å². The first kappa shape index (κ1) is 9.15. The van der Waals surface area contributed by atoms with Crippen molar-refractivity contribution in [2.24, 2.45) is 0 Å². The molecule has 118 valence electrons. The van der Waals surface area contributed by atoms with Crippen molar-refractivity contribution in [2.45, 2.75) is 45.1 Å². The molecule has 1 aromatic rings. The van der Waals surface area contributed by atoms with Gasteiger partial charge < -0.3 is 9.64 Å². The molecule has 4 nitrogen and oxygen atoms in total. The van der Waals surface area contributed by atoms with Gasteiger partial charge in [0.2, 0.25) is 0 Å². The molecular weight excluding hydrogens is 296 g/mol. The van der Waals surface area contributed by atoms with E-state index in [1.807, 2.05) is 6.92 Å². The molecule has 21 heavy (non-hydrogen) atoms. The third-order valence-electron chi connectivity index (χ3n) is 2.82. The fourth-order valence-electron chi connectivity index (χ4n) is 1.78. The average molecular weight is 324 g/mol. The minimum absolute atomic E-state index is 0.102. The molecule has 1 aromatic heterocycles. The van der Waals surface area contributed by atoms with Gasteiger partial charge >= 0.3 is 6.11 Å². The predicted molar refractivity (Wildman–Crippen MR) is 79.7 cm³/mol. The van der Waals surface area contributed by atoms with Crippen LogP contribution in [0.3, 0.4) is 0 Å². The third-order valence-corrected chi connectivity index (χ3v) is 3.33. The van der Waals surface area contributed by atoms with Crippen LogP contribution in [-0.2, 0) is 0 Å². The van der Waals surface area contributed by atoms with Crippen LogP contribution in [0.25, 0.3) is 5.57 Å². The van der Waals surface area contributed by atoms with Crippen molar-refractivity contribution >= 4 is 17.3 Å².